The van der Waals surface area contributed by atoms with Crippen molar-refractivity contribution < 1.29 is 26.4 Å². The normalized spacial score (nSPS) is 15.7. The number of fused-ring (bicyclic) bond motifs is 1. The molecular weight excluding hydrogens is 453 g/mol. The van der Waals surface area contributed by atoms with Gasteiger partial charge >= 0.3 is 12.2 Å². The number of urea groups is 1. The third-order valence-corrected chi connectivity index (χ3v) is 6.70. The molecule has 0 radical (unpaired) electrons. The van der Waals surface area contributed by atoms with E-state index < -0.39 is 27.8 Å². The first-order valence-corrected chi connectivity index (χ1v) is 10.8. The number of hydrogen-bond donors (Lipinski definition) is 0. The molecule has 2 amide bonds. The quantitative estimate of drug-likeness (QED) is 0.498. The predicted molar refractivity (Wildman–Crippen MR) is 111 cm³/mol. The smallest absolute Gasteiger partial charge is 0.287 e. The number of hydrogen-bond acceptors (Lipinski definition) is 3. The van der Waals surface area contributed by atoms with E-state index in [1.54, 1.807) is 6.07 Å². The number of rotatable bonds is 3. The molecule has 0 aliphatic carbocycles. The maximum Gasteiger partial charge on any atom is 0.416 e. The molecule has 0 saturated carbocycles. The fourth-order valence-electron chi connectivity index (χ4n) is 3.35. The fourth-order valence-corrected chi connectivity index (χ4v) is 5.11. The Morgan fingerprint density at radius 2 is 1.61 bits per heavy atom. The summed E-state index contributed by atoms with van der Waals surface area (Å²) in [5, 5.41) is 0.226. The molecular formula is C21H14ClF3N2O3S. The lowest BCUT2D eigenvalue weighted by molar-refractivity contribution is -0.137. The second-order valence-corrected chi connectivity index (χ2v) is 8.98. The van der Waals surface area contributed by atoms with Crippen LogP contribution in [-0.4, -0.2) is 14.4 Å². The number of carbonyl (C=O) groups is 1. The molecule has 10 heteroatoms. The average Bonchev–Trinajstić information content (AvgIpc) is 2.71. The number of halogens is 4. The minimum absolute atomic E-state index is 0.0287. The van der Waals surface area contributed by atoms with Crippen molar-refractivity contribution >= 4 is 39.0 Å². The molecule has 0 N–H and O–H groups in total. The largest absolute Gasteiger partial charge is 0.416 e. The summed E-state index contributed by atoms with van der Waals surface area (Å²) in [6, 6.07) is 15.2. The Bertz CT molecular complexity index is 1280. The Labute approximate surface area is 181 Å². The van der Waals surface area contributed by atoms with E-state index in [1.807, 2.05) is 0 Å². The summed E-state index contributed by atoms with van der Waals surface area (Å²) in [6.07, 6.45) is -4.55. The maximum atomic E-state index is 13.3. The summed E-state index contributed by atoms with van der Waals surface area (Å²) >= 11 is 5.98. The van der Waals surface area contributed by atoms with Gasteiger partial charge < -0.3 is 0 Å². The lowest BCUT2D eigenvalue weighted by atomic mass is 10.1. The number of nitrogens with zero attached hydrogens (tertiary/aromatic N) is 2. The first-order valence-electron chi connectivity index (χ1n) is 8.96. The number of alkyl halides is 3. The predicted octanol–water partition coefficient (Wildman–Crippen LogP) is 5.69. The van der Waals surface area contributed by atoms with Crippen molar-refractivity contribution in [3.63, 3.8) is 0 Å². The molecule has 1 heterocycles. The van der Waals surface area contributed by atoms with Crippen LogP contribution in [0.5, 0.6) is 0 Å². The summed E-state index contributed by atoms with van der Waals surface area (Å²) in [5.74, 6) is 0. The van der Waals surface area contributed by atoms with Gasteiger partial charge in [-0.15, -0.1) is 0 Å². The van der Waals surface area contributed by atoms with Crippen LogP contribution in [0, 0.1) is 0 Å². The van der Waals surface area contributed by atoms with Crippen molar-refractivity contribution in [1.29, 1.82) is 0 Å². The van der Waals surface area contributed by atoms with Crippen LogP contribution in [0.15, 0.2) is 77.7 Å². The first-order chi connectivity index (χ1) is 14.6. The number of amides is 2. The van der Waals surface area contributed by atoms with Gasteiger partial charge in [0.05, 0.1) is 23.5 Å². The molecule has 1 aliphatic heterocycles. The molecule has 3 aromatic carbocycles. The van der Waals surface area contributed by atoms with E-state index in [-0.39, 0.29) is 33.4 Å². The van der Waals surface area contributed by atoms with Gasteiger partial charge in [0.25, 0.3) is 10.0 Å². The Morgan fingerprint density at radius 1 is 0.903 bits per heavy atom. The Morgan fingerprint density at radius 3 is 2.32 bits per heavy atom. The van der Waals surface area contributed by atoms with Crippen LogP contribution in [0.4, 0.5) is 29.3 Å². The summed E-state index contributed by atoms with van der Waals surface area (Å²) in [5.41, 5.74) is -0.547. The van der Waals surface area contributed by atoms with E-state index in [0.29, 0.717) is 4.31 Å². The van der Waals surface area contributed by atoms with Gasteiger partial charge in [0, 0.05) is 5.02 Å². The van der Waals surface area contributed by atoms with E-state index >= 15 is 0 Å². The topological polar surface area (TPSA) is 57.7 Å². The molecule has 0 unspecified atom stereocenters. The number of sulfonamides is 1. The molecule has 160 valence electrons. The highest BCUT2D eigenvalue weighted by molar-refractivity contribution is 7.94. The van der Waals surface area contributed by atoms with Crippen molar-refractivity contribution in [2.75, 3.05) is 9.21 Å². The molecule has 0 fully saturated rings. The number of anilines is 2. The Balaban J connectivity index is 1.84. The first kappa shape index (κ1) is 21.2. The fraction of sp³-hybridized carbons (Fsp3) is 0.0952. The van der Waals surface area contributed by atoms with Crippen molar-refractivity contribution in [2.45, 2.75) is 17.6 Å². The molecule has 5 nitrogen and oxygen atoms in total. The second-order valence-electron chi connectivity index (χ2n) is 6.78. The van der Waals surface area contributed by atoms with E-state index in [9.17, 15) is 26.4 Å². The number of carbonyl (C=O) groups excluding carboxylic acids is 1. The summed E-state index contributed by atoms with van der Waals surface area (Å²) < 4.78 is 66.3. The zero-order chi connectivity index (χ0) is 22.4. The van der Waals surface area contributed by atoms with Crippen LogP contribution >= 0.6 is 11.6 Å². The minimum Gasteiger partial charge on any atom is -0.287 e. The second kappa shape index (κ2) is 7.58. The van der Waals surface area contributed by atoms with Crippen molar-refractivity contribution in [2.24, 2.45) is 0 Å². The molecule has 0 atom stereocenters. The van der Waals surface area contributed by atoms with Crippen LogP contribution in [0.1, 0.15) is 11.1 Å². The molecule has 0 aromatic heterocycles. The third kappa shape index (κ3) is 3.86. The number of benzene rings is 3. The third-order valence-electron chi connectivity index (χ3n) is 4.72. The standard InChI is InChI=1S/C21H14ClF3N2O3S/c22-16-7-4-8-17(12-16)27-20(28)26(18-9-1-2-10-19(18)31(27,29)30)13-14-5-3-6-15(11-14)21(23,24)25/h1-12H,13H2. The summed E-state index contributed by atoms with van der Waals surface area (Å²) in [4.78, 5) is 14.3. The van der Waals surface area contributed by atoms with Gasteiger partial charge in [-0.3, -0.25) is 4.90 Å². The zero-order valence-electron chi connectivity index (χ0n) is 15.7. The minimum atomic E-state index is -4.55. The van der Waals surface area contributed by atoms with E-state index in [4.69, 9.17) is 11.6 Å². The van der Waals surface area contributed by atoms with Gasteiger partial charge in [0.15, 0.2) is 0 Å². The zero-order valence-corrected chi connectivity index (χ0v) is 17.2. The van der Waals surface area contributed by atoms with Gasteiger partial charge in [0.2, 0.25) is 0 Å². The van der Waals surface area contributed by atoms with Crippen molar-refractivity contribution in [1.82, 2.24) is 0 Å². The Hall–Kier alpha value is -3.04. The Kier molecular flexibility index (Phi) is 5.18. The van der Waals surface area contributed by atoms with E-state index in [1.165, 1.54) is 54.6 Å². The average molecular weight is 467 g/mol. The van der Waals surface area contributed by atoms with Gasteiger partial charge in [-0.25, -0.2) is 13.2 Å². The lowest BCUT2D eigenvalue weighted by Gasteiger charge is -2.36. The molecule has 0 spiro atoms. The van der Waals surface area contributed by atoms with Crippen LogP contribution < -0.4 is 9.21 Å². The SMILES string of the molecule is O=C1N(Cc2cccc(C(F)(F)F)c2)c2ccccc2S(=O)(=O)N1c1cccc(Cl)c1. The van der Waals surface area contributed by atoms with E-state index in [2.05, 4.69) is 0 Å². The highest BCUT2D eigenvalue weighted by atomic mass is 35.5. The van der Waals surface area contributed by atoms with Crippen LogP contribution in [0.2, 0.25) is 5.02 Å². The molecule has 0 bridgehead atoms. The van der Waals surface area contributed by atoms with Gasteiger partial charge in [-0.05, 0) is 48.0 Å². The van der Waals surface area contributed by atoms with E-state index in [0.717, 1.165) is 17.0 Å². The molecule has 4 rings (SSSR count). The summed E-state index contributed by atoms with van der Waals surface area (Å²) in [6.45, 7) is -0.258. The molecule has 0 saturated heterocycles. The maximum absolute atomic E-state index is 13.3. The van der Waals surface area contributed by atoms with Crippen LogP contribution in [0.25, 0.3) is 0 Å². The molecule has 31 heavy (non-hydrogen) atoms. The molecule has 1 aliphatic rings. The van der Waals surface area contributed by atoms with Gasteiger partial charge in [-0.1, -0.05) is 41.9 Å². The highest BCUT2D eigenvalue weighted by Gasteiger charge is 2.42. The highest BCUT2D eigenvalue weighted by Crippen LogP contribution is 2.39. The molecule has 3 aromatic rings. The van der Waals surface area contributed by atoms with Crippen LogP contribution in [-0.2, 0) is 22.7 Å². The van der Waals surface area contributed by atoms with Gasteiger partial charge in [0.1, 0.15) is 4.90 Å². The number of para-hydroxylation sites is 1. The van der Waals surface area contributed by atoms with Crippen molar-refractivity contribution in [3.05, 3.63) is 88.9 Å². The van der Waals surface area contributed by atoms with Crippen molar-refractivity contribution in [3.8, 4) is 0 Å². The van der Waals surface area contributed by atoms with Gasteiger partial charge in [-0.2, -0.15) is 17.5 Å². The van der Waals surface area contributed by atoms with Crippen LogP contribution in [0.3, 0.4) is 0 Å². The lowest BCUT2D eigenvalue weighted by Crippen LogP contribution is -2.50. The summed E-state index contributed by atoms with van der Waals surface area (Å²) in [7, 11) is -4.25. The monoisotopic (exact) mass is 466 g/mol.